The zero-order valence-corrected chi connectivity index (χ0v) is 10.5. The molecule has 1 heterocycles. The summed E-state index contributed by atoms with van der Waals surface area (Å²) in [5, 5.41) is 2.59. The Morgan fingerprint density at radius 2 is 1.53 bits per heavy atom. The van der Waals surface area contributed by atoms with Gasteiger partial charge in [0.2, 0.25) is 0 Å². The van der Waals surface area contributed by atoms with Crippen molar-refractivity contribution in [3.63, 3.8) is 0 Å². The number of aliphatic imine (C=N–C) groups is 1. The van der Waals surface area contributed by atoms with Crippen LogP contribution < -0.4 is 0 Å². The number of benzene rings is 3. The molecule has 0 N–H and O–H groups in total. The lowest BCUT2D eigenvalue weighted by molar-refractivity contribution is 1.29. The topological polar surface area (TPSA) is 12.4 Å². The molecule has 0 aliphatic carbocycles. The van der Waals surface area contributed by atoms with E-state index in [0.29, 0.717) is 0 Å². The largest absolute Gasteiger partial charge is 0.252 e. The molecule has 1 aliphatic heterocycles. The van der Waals surface area contributed by atoms with E-state index < -0.39 is 0 Å². The Kier molecular flexibility index (Phi) is 2.25. The lowest BCUT2D eigenvalue weighted by Crippen LogP contribution is -2.08. The van der Waals surface area contributed by atoms with Gasteiger partial charge in [0, 0.05) is 11.8 Å². The van der Waals surface area contributed by atoms with Crippen LogP contribution in [0.25, 0.3) is 10.8 Å². The van der Waals surface area contributed by atoms with Crippen LogP contribution in [0, 0.1) is 0 Å². The summed E-state index contributed by atoms with van der Waals surface area (Å²) in [6.45, 7) is 0. The maximum atomic E-state index is 4.85. The zero-order valence-electron chi connectivity index (χ0n) is 10.5. The third kappa shape index (κ3) is 1.66. The van der Waals surface area contributed by atoms with Gasteiger partial charge in [0.05, 0.1) is 11.4 Å². The third-order valence-electron chi connectivity index (χ3n) is 3.69. The third-order valence-corrected chi connectivity index (χ3v) is 3.69. The highest BCUT2D eigenvalue weighted by Crippen LogP contribution is 2.34. The summed E-state index contributed by atoms with van der Waals surface area (Å²) in [6, 6.07) is 23.3. The lowest BCUT2D eigenvalue weighted by Gasteiger charge is -2.17. The summed E-state index contributed by atoms with van der Waals surface area (Å²) in [7, 11) is 0. The SMILES string of the molecule is c1ccc(C2=Nc3cccc4cccc(c34)C2)cc1. The van der Waals surface area contributed by atoms with Crippen molar-refractivity contribution < 1.29 is 0 Å². The van der Waals surface area contributed by atoms with Crippen molar-refractivity contribution in [2.75, 3.05) is 0 Å². The molecule has 1 heteroatoms. The Bertz CT molecular complexity index is 780. The predicted octanol–water partition coefficient (Wildman–Crippen LogP) is 4.52. The van der Waals surface area contributed by atoms with Gasteiger partial charge in [0.1, 0.15) is 0 Å². The number of nitrogens with zero attached hydrogens (tertiary/aromatic N) is 1. The average Bonchev–Trinajstić information content (AvgIpc) is 2.49. The number of hydrogen-bond donors (Lipinski definition) is 0. The highest BCUT2D eigenvalue weighted by molar-refractivity contribution is 6.10. The van der Waals surface area contributed by atoms with Crippen molar-refractivity contribution >= 4 is 22.2 Å². The molecule has 0 amide bonds. The van der Waals surface area contributed by atoms with Crippen molar-refractivity contribution in [1.29, 1.82) is 0 Å². The fraction of sp³-hybridized carbons (Fsp3) is 0.0556. The van der Waals surface area contributed by atoms with E-state index in [2.05, 4.69) is 60.7 Å². The van der Waals surface area contributed by atoms with Gasteiger partial charge in [-0.1, -0.05) is 60.7 Å². The molecule has 0 radical (unpaired) electrons. The molecular weight excluding hydrogens is 230 g/mol. The molecule has 0 fully saturated rings. The van der Waals surface area contributed by atoms with E-state index in [4.69, 9.17) is 4.99 Å². The van der Waals surface area contributed by atoms with Crippen LogP contribution in [-0.2, 0) is 6.42 Å². The maximum absolute atomic E-state index is 4.85. The van der Waals surface area contributed by atoms with Crippen molar-refractivity contribution in [3.05, 3.63) is 77.9 Å². The molecule has 0 atom stereocenters. The second-order valence-corrected chi connectivity index (χ2v) is 4.89. The number of rotatable bonds is 1. The molecule has 3 aromatic rings. The van der Waals surface area contributed by atoms with E-state index in [0.717, 1.165) is 17.8 Å². The molecule has 0 saturated carbocycles. The van der Waals surface area contributed by atoms with Gasteiger partial charge in [-0.05, 0) is 22.6 Å². The van der Waals surface area contributed by atoms with Gasteiger partial charge in [-0.2, -0.15) is 0 Å². The minimum atomic E-state index is 0.915. The monoisotopic (exact) mass is 243 g/mol. The van der Waals surface area contributed by atoms with E-state index >= 15 is 0 Å². The Labute approximate surface area is 112 Å². The van der Waals surface area contributed by atoms with E-state index in [9.17, 15) is 0 Å². The van der Waals surface area contributed by atoms with E-state index in [1.54, 1.807) is 0 Å². The minimum Gasteiger partial charge on any atom is -0.252 e. The van der Waals surface area contributed by atoms with Crippen molar-refractivity contribution in [1.82, 2.24) is 0 Å². The molecule has 1 aliphatic rings. The summed E-state index contributed by atoms with van der Waals surface area (Å²) in [5.41, 5.74) is 4.85. The summed E-state index contributed by atoms with van der Waals surface area (Å²) in [5.74, 6) is 0. The van der Waals surface area contributed by atoms with Crippen molar-refractivity contribution in [2.45, 2.75) is 6.42 Å². The van der Waals surface area contributed by atoms with Gasteiger partial charge in [-0.15, -0.1) is 0 Å². The molecule has 0 spiro atoms. The van der Waals surface area contributed by atoms with E-state index in [-0.39, 0.29) is 0 Å². The first-order valence-electron chi connectivity index (χ1n) is 6.55. The first kappa shape index (κ1) is 10.5. The van der Waals surface area contributed by atoms with Crippen molar-refractivity contribution in [3.8, 4) is 0 Å². The van der Waals surface area contributed by atoms with Gasteiger partial charge < -0.3 is 0 Å². The van der Waals surface area contributed by atoms with Crippen LogP contribution in [0.15, 0.2) is 71.7 Å². The maximum Gasteiger partial charge on any atom is 0.0714 e. The fourth-order valence-electron chi connectivity index (χ4n) is 2.80. The van der Waals surface area contributed by atoms with Gasteiger partial charge in [0.15, 0.2) is 0 Å². The quantitative estimate of drug-likeness (QED) is 0.596. The van der Waals surface area contributed by atoms with Gasteiger partial charge in [0.25, 0.3) is 0 Å². The zero-order chi connectivity index (χ0) is 12.7. The molecule has 90 valence electrons. The van der Waals surface area contributed by atoms with Gasteiger partial charge >= 0.3 is 0 Å². The van der Waals surface area contributed by atoms with Crippen LogP contribution in [-0.4, -0.2) is 5.71 Å². The van der Waals surface area contributed by atoms with Gasteiger partial charge in [-0.3, -0.25) is 4.99 Å². The first-order chi connectivity index (χ1) is 9.42. The molecule has 0 unspecified atom stereocenters. The normalized spacial score (nSPS) is 13.4. The highest BCUT2D eigenvalue weighted by Gasteiger charge is 2.15. The van der Waals surface area contributed by atoms with E-state index in [1.165, 1.54) is 21.9 Å². The Hall–Kier alpha value is -2.41. The second-order valence-electron chi connectivity index (χ2n) is 4.89. The standard InChI is InChI=1S/C18H13N/c1-2-6-13(7-3-1)17-12-15-10-4-8-14-9-5-11-16(19-17)18(14)15/h1-11H,12H2. The molecular formula is C18H13N. The summed E-state index contributed by atoms with van der Waals surface area (Å²) >= 11 is 0. The Morgan fingerprint density at radius 1 is 0.737 bits per heavy atom. The molecule has 0 aromatic heterocycles. The molecule has 0 bridgehead atoms. The van der Waals surface area contributed by atoms with Crippen LogP contribution >= 0.6 is 0 Å². The Balaban J connectivity index is 1.96. The van der Waals surface area contributed by atoms with Crippen LogP contribution in [0.2, 0.25) is 0 Å². The Morgan fingerprint density at radius 3 is 2.37 bits per heavy atom. The summed E-state index contributed by atoms with van der Waals surface area (Å²) < 4.78 is 0. The predicted molar refractivity (Wildman–Crippen MR) is 80.3 cm³/mol. The van der Waals surface area contributed by atoms with Crippen LogP contribution in [0.3, 0.4) is 0 Å². The average molecular weight is 243 g/mol. The lowest BCUT2D eigenvalue weighted by atomic mass is 9.93. The number of hydrogen-bond acceptors (Lipinski definition) is 1. The van der Waals surface area contributed by atoms with E-state index in [1.807, 2.05) is 6.07 Å². The van der Waals surface area contributed by atoms with Gasteiger partial charge in [-0.25, -0.2) is 0 Å². The molecule has 0 saturated heterocycles. The smallest absolute Gasteiger partial charge is 0.0714 e. The second kappa shape index (κ2) is 4.06. The molecule has 19 heavy (non-hydrogen) atoms. The highest BCUT2D eigenvalue weighted by atomic mass is 14.8. The summed E-state index contributed by atoms with van der Waals surface area (Å²) in [6.07, 6.45) is 0.915. The summed E-state index contributed by atoms with van der Waals surface area (Å²) in [4.78, 5) is 4.85. The van der Waals surface area contributed by atoms with Crippen LogP contribution in [0.1, 0.15) is 11.1 Å². The van der Waals surface area contributed by atoms with Crippen LogP contribution in [0.5, 0.6) is 0 Å². The van der Waals surface area contributed by atoms with Crippen molar-refractivity contribution in [2.24, 2.45) is 4.99 Å². The molecule has 1 nitrogen and oxygen atoms in total. The fourth-order valence-corrected chi connectivity index (χ4v) is 2.80. The minimum absolute atomic E-state index is 0.915. The first-order valence-corrected chi connectivity index (χ1v) is 6.55. The molecule has 3 aromatic carbocycles. The van der Waals surface area contributed by atoms with Crippen LogP contribution in [0.4, 0.5) is 5.69 Å². The molecule has 4 rings (SSSR count).